The number of carboxylic acid groups (broad SMARTS) is 1. The molecule has 0 saturated heterocycles. The zero-order chi connectivity index (χ0) is 9.14. The van der Waals surface area contributed by atoms with Crippen LogP contribution in [0.2, 0.25) is 0 Å². The number of nitrogens with one attached hydrogen (secondary N) is 1. The molecule has 0 amide bonds. The number of hydrogen-bond donors (Lipinski definition) is 2. The van der Waals surface area contributed by atoms with Crippen LogP contribution >= 0.6 is 15.9 Å². The van der Waals surface area contributed by atoms with E-state index >= 15 is 0 Å². The van der Waals surface area contributed by atoms with E-state index in [1.807, 2.05) is 0 Å². The zero-order valence-corrected chi connectivity index (χ0v) is 7.46. The molecule has 1 heterocycles. The predicted octanol–water partition coefficient (Wildman–Crippen LogP) is 0.160. The first-order chi connectivity index (χ1) is 5.59. The summed E-state index contributed by atoms with van der Waals surface area (Å²) in [5.41, 5.74) is -0.0573. The van der Waals surface area contributed by atoms with Gasteiger partial charge in [0, 0.05) is 10.5 Å². The SMILES string of the molecule is O=C(O)Cc1n[nH]c(=O)cc1Br. The van der Waals surface area contributed by atoms with Gasteiger partial charge in [-0.3, -0.25) is 9.59 Å². The highest BCUT2D eigenvalue weighted by Crippen LogP contribution is 2.10. The number of halogens is 1. The summed E-state index contributed by atoms with van der Waals surface area (Å²) >= 11 is 3.03. The third-order valence-electron chi connectivity index (χ3n) is 1.15. The molecule has 6 heteroatoms. The van der Waals surface area contributed by atoms with Crippen LogP contribution in [0.3, 0.4) is 0 Å². The molecule has 2 N–H and O–H groups in total. The van der Waals surface area contributed by atoms with Gasteiger partial charge in [-0.1, -0.05) is 0 Å². The van der Waals surface area contributed by atoms with Gasteiger partial charge < -0.3 is 5.11 Å². The van der Waals surface area contributed by atoms with E-state index in [-0.39, 0.29) is 12.0 Å². The summed E-state index contributed by atoms with van der Waals surface area (Å²) in [4.78, 5) is 20.9. The van der Waals surface area contributed by atoms with Gasteiger partial charge in [0.1, 0.15) is 0 Å². The summed E-state index contributed by atoms with van der Waals surface area (Å²) in [7, 11) is 0. The third-order valence-corrected chi connectivity index (χ3v) is 1.84. The minimum absolute atomic E-state index is 0.211. The van der Waals surface area contributed by atoms with Crippen LogP contribution in [0.4, 0.5) is 0 Å². The first kappa shape index (κ1) is 8.92. The summed E-state index contributed by atoms with van der Waals surface area (Å²) in [6.45, 7) is 0. The highest BCUT2D eigenvalue weighted by atomic mass is 79.9. The number of hydrogen-bond acceptors (Lipinski definition) is 3. The molecule has 64 valence electrons. The molecule has 0 radical (unpaired) electrons. The van der Waals surface area contributed by atoms with Crippen molar-refractivity contribution in [2.75, 3.05) is 0 Å². The van der Waals surface area contributed by atoms with Crippen molar-refractivity contribution in [3.8, 4) is 0 Å². The second-order valence-corrected chi connectivity index (χ2v) is 2.95. The molecule has 0 aliphatic rings. The van der Waals surface area contributed by atoms with E-state index in [2.05, 4.69) is 26.1 Å². The van der Waals surface area contributed by atoms with Crippen LogP contribution in [-0.4, -0.2) is 21.3 Å². The van der Waals surface area contributed by atoms with Crippen molar-refractivity contribution in [3.63, 3.8) is 0 Å². The number of nitrogens with zero attached hydrogens (tertiary/aromatic N) is 1. The van der Waals surface area contributed by atoms with Crippen molar-refractivity contribution in [1.82, 2.24) is 10.2 Å². The topological polar surface area (TPSA) is 83.0 Å². The molecular formula is C6H5BrN2O3. The molecule has 0 unspecified atom stereocenters. The number of H-pyrrole nitrogens is 1. The molecule has 1 aromatic heterocycles. The lowest BCUT2D eigenvalue weighted by Crippen LogP contribution is -2.11. The van der Waals surface area contributed by atoms with E-state index in [1.54, 1.807) is 0 Å². The maximum absolute atomic E-state index is 10.6. The van der Waals surface area contributed by atoms with Gasteiger partial charge in [0.25, 0.3) is 5.56 Å². The number of rotatable bonds is 2. The predicted molar refractivity (Wildman–Crippen MR) is 43.9 cm³/mol. The standard InChI is InChI=1S/C6H5BrN2O3/c7-3-1-5(10)9-8-4(3)2-6(11)12/h1H,2H2,(H,9,10)(H,11,12). The fourth-order valence-corrected chi connectivity index (χ4v) is 1.11. The van der Waals surface area contributed by atoms with E-state index in [0.717, 1.165) is 0 Å². The molecule has 12 heavy (non-hydrogen) atoms. The molecule has 0 spiro atoms. The van der Waals surface area contributed by atoms with Gasteiger partial charge in [0.05, 0.1) is 12.1 Å². The van der Waals surface area contributed by atoms with Gasteiger partial charge in [-0.2, -0.15) is 5.10 Å². The van der Waals surface area contributed by atoms with Crippen LogP contribution in [0.1, 0.15) is 5.69 Å². The van der Waals surface area contributed by atoms with Crippen LogP contribution in [0.15, 0.2) is 15.3 Å². The Morgan fingerprint density at radius 2 is 2.42 bits per heavy atom. The van der Waals surface area contributed by atoms with Gasteiger partial charge in [-0.15, -0.1) is 0 Å². The smallest absolute Gasteiger partial charge is 0.309 e. The fraction of sp³-hybridized carbons (Fsp3) is 0.167. The van der Waals surface area contributed by atoms with Gasteiger partial charge in [0.15, 0.2) is 0 Å². The number of aliphatic carboxylic acids is 1. The summed E-state index contributed by atoms with van der Waals surface area (Å²) in [5, 5.41) is 14.1. The molecule has 0 aliphatic heterocycles. The van der Waals surface area contributed by atoms with Gasteiger partial charge in [-0.25, -0.2) is 5.10 Å². The maximum Gasteiger partial charge on any atom is 0.309 e. The minimum Gasteiger partial charge on any atom is -0.481 e. The van der Waals surface area contributed by atoms with Crippen molar-refractivity contribution >= 4 is 21.9 Å². The second kappa shape index (κ2) is 3.48. The fourth-order valence-electron chi connectivity index (χ4n) is 0.674. The average molecular weight is 233 g/mol. The first-order valence-electron chi connectivity index (χ1n) is 3.05. The van der Waals surface area contributed by atoms with Crippen molar-refractivity contribution in [2.24, 2.45) is 0 Å². The normalized spacial score (nSPS) is 9.75. The Morgan fingerprint density at radius 1 is 1.75 bits per heavy atom. The molecule has 5 nitrogen and oxygen atoms in total. The Kier molecular flexibility index (Phi) is 2.59. The Hall–Kier alpha value is -1.17. The molecule has 0 aliphatic carbocycles. The van der Waals surface area contributed by atoms with Crippen molar-refractivity contribution < 1.29 is 9.90 Å². The summed E-state index contributed by atoms with van der Waals surface area (Å²) < 4.78 is 0.411. The average Bonchev–Trinajstić information content (AvgIpc) is 1.94. The molecule has 1 rings (SSSR count). The highest BCUT2D eigenvalue weighted by Gasteiger charge is 2.06. The lowest BCUT2D eigenvalue weighted by atomic mass is 10.3. The Morgan fingerprint density at radius 3 is 2.92 bits per heavy atom. The van der Waals surface area contributed by atoms with Crippen molar-refractivity contribution in [1.29, 1.82) is 0 Å². The van der Waals surface area contributed by atoms with Crippen molar-refractivity contribution in [3.05, 3.63) is 26.6 Å². The number of carboxylic acids is 1. The number of aromatic amines is 1. The lowest BCUT2D eigenvalue weighted by Gasteiger charge is -1.96. The van der Waals surface area contributed by atoms with Crippen LogP contribution in [0.25, 0.3) is 0 Å². The van der Waals surface area contributed by atoms with Gasteiger partial charge in [-0.05, 0) is 15.9 Å². The van der Waals surface area contributed by atoms with E-state index in [0.29, 0.717) is 10.2 Å². The second-order valence-electron chi connectivity index (χ2n) is 2.10. The minimum atomic E-state index is -0.991. The van der Waals surface area contributed by atoms with Crippen LogP contribution in [-0.2, 0) is 11.2 Å². The lowest BCUT2D eigenvalue weighted by molar-refractivity contribution is -0.136. The van der Waals surface area contributed by atoms with E-state index in [4.69, 9.17) is 5.11 Å². The summed E-state index contributed by atoms with van der Waals surface area (Å²) in [5.74, 6) is -0.991. The molecule has 0 atom stereocenters. The molecule has 0 aromatic carbocycles. The van der Waals surface area contributed by atoms with E-state index in [1.165, 1.54) is 6.07 Å². The highest BCUT2D eigenvalue weighted by molar-refractivity contribution is 9.10. The van der Waals surface area contributed by atoms with Gasteiger partial charge >= 0.3 is 5.97 Å². The van der Waals surface area contributed by atoms with Crippen molar-refractivity contribution in [2.45, 2.75) is 6.42 Å². The van der Waals surface area contributed by atoms with E-state index in [9.17, 15) is 9.59 Å². The third kappa shape index (κ3) is 2.16. The van der Waals surface area contributed by atoms with Crippen LogP contribution < -0.4 is 5.56 Å². The molecule has 1 aromatic rings. The number of carbonyl (C=O) groups is 1. The summed E-state index contributed by atoms with van der Waals surface area (Å²) in [6.07, 6.45) is -0.211. The van der Waals surface area contributed by atoms with Crippen LogP contribution in [0.5, 0.6) is 0 Å². The van der Waals surface area contributed by atoms with Gasteiger partial charge in [0.2, 0.25) is 0 Å². The Labute approximate surface area is 75.6 Å². The molecule has 0 fully saturated rings. The number of aromatic nitrogens is 2. The molecular weight excluding hydrogens is 228 g/mol. The monoisotopic (exact) mass is 232 g/mol. The maximum atomic E-state index is 10.6. The Balaban J connectivity index is 3.01. The van der Waals surface area contributed by atoms with E-state index < -0.39 is 5.97 Å². The summed E-state index contributed by atoms with van der Waals surface area (Å²) in [6, 6.07) is 1.24. The first-order valence-corrected chi connectivity index (χ1v) is 3.85. The Bertz CT molecular complexity index is 360. The zero-order valence-electron chi connectivity index (χ0n) is 5.87. The molecule has 0 saturated carbocycles. The van der Waals surface area contributed by atoms with Crippen LogP contribution in [0, 0.1) is 0 Å². The molecule has 0 bridgehead atoms. The largest absolute Gasteiger partial charge is 0.481 e. The quantitative estimate of drug-likeness (QED) is 0.762.